The lowest BCUT2D eigenvalue weighted by Gasteiger charge is -2.07. The summed E-state index contributed by atoms with van der Waals surface area (Å²) in [7, 11) is 0. The third kappa shape index (κ3) is 1.54. The zero-order valence-electron chi connectivity index (χ0n) is 9.77. The van der Waals surface area contributed by atoms with Crippen LogP contribution in [0.4, 0.5) is 0 Å². The zero-order chi connectivity index (χ0) is 11.1. The molecule has 0 amide bonds. The van der Waals surface area contributed by atoms with Crippen molar-refractivity contribution in [2.45, 2.75) is 26.7 Å². The first-order chi connectivity index (χ1) is 7.75. The van der Waals surface area contributed by atoms with Gasteiger partial charge in [0.05, 0.1) is 0 Å². The largest absolute Gasteiger partial charge is 0.307 e. The maximum atomic E-state index is 4.26. The van der Waals surface area contributed by atoms with E-state index < -0.39 is 0 Å². The molecule has 2 heteroatoms. The number of hydrogen-bond donors (Lipinski definition) is 0. The Hall–Kier alpha value is -1.57. The summed E-state index contributed by atoms with van der Waals surface area (Å²) in [6.45, 7) is 4.50. The van der Waals surface area contributed by atoms with Crippen molar-refractivity contribution in [3.63, 3.8) is 0 Å². The molecule has 0 unspecified atom stereocenters. The Morgan fingerprint density at radius 2 is 2.12 bits per heavy atom. The van der Waals surface area contributed by atoms with Crippen LogP contribution in [0, 0.1) is 5.92 Å². The van der Waals surface area contributed by atoms with E-state index in [0.717, 1.165) is 11.6 Å². The van der Waals surface area contributed by atoms with Crippen molar-refractivity contribution in [2.75, 3.05) is 0 Å². The molecule has 2 aromatic heterocycles. The van der Waals surface area contributed by atoms with Gasteiger partial charge in [0.1, 0.15) is 5.65 Å². The van der Waals surface area contributed by atoms with Crippen LogP contribution in [-0.4, -0.2) is 9.38 Å². The molecule has 0 aromatic carbocycles. The summed E-state index contributed by atoms with van der Waals surface area (Å²) >= 11 is 0. The van der Waals surface area contributed by atoms with Gasteiger partial charge in [0, 0.05) is 18.6 Å². The minimum atomic E-state index is 0.846. The molecule has 0 N–H and O–H groups in total. The molecule has 2 nitrogen and oxygen atoms in total. The van der Waals surface area contributed by atoms with Crippen LogP contribution in [0.3, 0.4) is 0 Å². The number of aromatic nitrogens is 2. The fourth-order valence-electron chi connectivity index (χ4n) is 2.19. The zero-order valence-corrected chi connectivity index (χ0v) is 9.77. The number of nitrogens with zero attached hydrogens (tertiary/aromatic N) is 2. The molecule has 3 rings (SSSR count). The van der Waals surface area contributed by atoms with Crippen LogP contribution in [0.5, 0.6) is 0 Å². The monoisotopic (exact) mass is 212 g/mol. The van der Waals surface area contributed by atoms with Crippen molar-refractivity contribution in [1.29, 1.82) is 0 Å². The Bertz CT molecular complexity index is 559. The summed E-state index contributed by atoms with van der Waals surface area (Å²) in [5.41, 5.74) is 5.31. The van der Waals surface area contributed by atoms with E-state index in [2.05, 4.69) is 41.6 Å². The van der Waals surface area contributed by atoms with Crippen LogP contribution in [0.25, 0.3) is 11.2 Å². The highest BCUT2D eigenvalue weighted by molar-refractivity contribution is 5.68. The van der Waals surface area contributed by atoms with Crippen LogP contribution < -0.4 is 0 Å². The first kappa shape index (κ1) is 9.64. The van der Waals surface area contributed by atoms with E-state index in [4.69, 9.17) is 0 Å². The topological polar surface area (TPSA) is 17.3 Å². The average molecular weight is 212 g/mol. The van der Waals surface area contributed by atoms with Gasteiger partial charge in [-0.1, -0.05) is 5.57 Å². The summed E-state index contributed by atoms with van der Waals surface area (Å²) in [4.78, 5) is 4.26. The number of hydrogen-bond acceptors (Lipinski definition) is 1. The Morgan fingerprint density at radius 3 is 2.88 bits per heavy atom. The van der Waals surface area contributed by atoms with Crippen LogP contribution >= 0.6 is 0 Å². The molecule has 0 atom stereocenters. The molecular formula is C14H16N2. The maximum absolute atomic E-state index is 4.26. The summed E-state index contributed by atoms with van der Waals surface area (Å²) in [5, 5.41) is 0. The van der Waals surface area contributed by atoms with Gasteiger partial charge in [-0.05, 0) is 55.9 Å². The molecule has 2 aromatic rings. The molecule has 0 aliphatic heterocycles. The smallest absolute Gasteiger partial charge is 0.136 e. The van der Waals surface area contributed by atoms with E-state index in [1.807, 2.05) is 12.4 Å². The van der Waals surface area contributed by atoms with Crippen LogP contribution in [0.15, 0.2) is 36.3 Å². The normalized spacial score (nSPS) is 17.6. The Morgan fingerprint density at radius 1 is 1.31 bits per heavy atom. The van der Waals surface area contributed by atoms with Gasteiger partial charge >= 0.3 is 0 Å². The standard InChI is InChI=1S/C14H16N2/c1-10(12-3-4-12)11(2)13-5-6-14-15-7-8-16(14)9-13/h5-9,12H,3-4H2,1-2H3/b11-10-. The number of rotatable bonds is 2. The Labute approximate surface area is 95.6 Å². The fraction of sp³-hybridized carbons (Fsp3) is 0.357. The molecule has 1 aliphatic rings. The first-order valence-corrected chi connectivity index (χ1v) is 5.86. The van der Waals surface area contributed by atoms with Gasteiger partial charge in [-0.25, -0.2) is 4.98 Å². The van der Waals surface area contributed by atoms with E-state index in [0.29, 0.717) is 0 Å². The highest BCUT2D eigenvalue weighted by atomic mass is 15.0. The summed E-state index contributed by atoms with van der Waals surface area (Å²) < 4.78 is 2.08. The molecule has 0 spiro atoms. The minimum Gasteiger partial charge on any atom is -0.307 e. The summed E-state index contributed by atoms with van der Waals surface area (Å²) in [6.07, 6.45) is 8.75. The van der Waals surface area contributed by atoms with Crippen LogP contribution in [0.2, 0.25) is 0 Å². The van der Waals surface area contributed by atoms with Gasteiger partial charge in [0.25, 0.3) is 0 Å². The van der Waals surface area contributed by atoms with E-state index >= 15 is 0 Å². The molecule has 0 radical (unpaired) electrons. The van der Waals surface area contributed by atoms with Gasteiger partial charge < -0.3 is 4.40 Å². The minimum absolute atomic E-state index is 0.846. The average Bonchev–Trinajstić information content (AvgIpc) is 3.05. The van der Waals surface area contributed by atoms with E-state index in [1.54, 1.807) is 5.57 Å². The summed E-state index contributed by atoms with van der Waals surface area (Å²) in [6, 6.07) is 4.25. The van der Waals surface area contributed by atoms with Gasteiger partial charge in [-0.2, -0.15) is 0 Å². The highest BCUT2D eigenvalue weighted by Crippen LogP contribution is 2.39. The molecule has 0 bridgehead atoms. The van der Waals surface area contributed by atoms with Crippen LogP contribution in [-0.2, 0) is 0 Å². The van der Waals surface area contributed by atoms with Gasteiger partial charge in [0.2, 0.25) is 0 Å². The lowest BCUT2D eigenvalue weighted by molar-refractivity contribution is 1.01. The fourth-order valence-corrected chi connectivity index (χ4v) is 2.19. The number of pyridine rings is 1. The first-order valence-electron chi connectivity index (χ1n) is 5.86. The molecule has 1 fully saturated rings. The molecular weight excluding hydrogens is 196 g/mol. The van der Waals surface area contributed by atoms with Crippen molar-refractivity contribution in [3.05, 3.63) is 41.9 Å². The predicted octanol–water partition coefficient (Wildman–Crippen LogP) is 3.54. The van der Waals surface area contributed by atoms with Crippen molar-refractivity contribution in [1.82, 2.24) is 9.38 Å². The van der Waals surface area contributed by atoms with Crippen molar-refractivity contribution in [3.8, 4) is 0 Å². The molecule has 82 valence electrons. The molecule has 1 aliphatic carbocycles. The maximum Gasteiger partial charge on any atom is 0.136 e. The third-order valence-corrected chi connectivity index (χ3v) is 3.60. The lowest BCUT2D eigenvalue weighted by atomic mass is 10.0. The second-order valence-electron chi connectivity index (χ2n) is 4.69. The number of imidazole rings is 1. The van der Waals surface area contributed by atoms with E-state index in [-0.39, 0.29) is 0 Å². The second-order valence-corrected chi connectivity index (χ2v) is 4.69. The van der Waals surface area contributed by atoms with Crippen molar-refractivity contribution in [2.24, 2.45) is 5.92 Å². The SMILES string of the molecule is C/C(=C(\C)C1CC1)c1ccc2nccn2c1. The van der Waals surface area contributed by atoms with Gasteiger partial charge in [-0.15, -0.1) is 0 Å². The highest BCUT2D eigenvalue weighted by Gasteiger charge is 2.24. The van der Waals surface area contributed by atoms with Crippen LogP contribution in [0.1, 0.15) is 32.3 Å². The number of allylic oxidation sites excluding steroid dienone is 2. The molecule has 1 saturated carbocycles. The molecule has 16 heavy (non-hydrogen) atoms. The predicted molar refractivity (Wildman–Crippen MR) is 66.2 cm³/mol. The van der Waals surface area contributed by atoms with Gasteiger partial charge in [-0.3, -0.25) is 0 Å². The Balaban J connectivity index is 2.07. The third-order valence-electron chi connectivity index (χ3n) is 3.60. The lowest BCUT2D eigenvalue weighted by Crippen LogP contribution is -1.91. The summed E-state index contributed by atoms with van der Waals surface area (Å²) in [5.74, 6) is 0.846. The second kappa shape index (κ2) is 3.48. The molecule has 2 heterocycles. The Kier molecular flexibility index (Phi) is 2.10. The van der Waals surface area contributed by atoms with Crippen molar-refractivity contribution < 1.29 is 0 Å². The van der Waals surface area contributed by atoms with E-state index in [9.17, 15) is 0 Å². The quantitative estimate of drug-likeness (QED) is 0.744. The number of fused-ring (bicyclic) bond motifs is 1. The van der Waals surface area contributed by atoms with E-state index in [1.165, 1.54) is 24.0 Å². The molecule has 0 saturated heterocycles. The van der Waals surface area contributed by atoms with Crippen molar-refractivity contribution >= 4 is 11.2 Å². The van der Waals surface area contributed by atoms with Gasteiger partial charge in [0.15, 0.2) is 0 Å².